The van der Waals surface area contributed by atoms with E-state index in [0.717, 1.165) is 25.8 Å². The molecule has 0 aliphatic carbocycles. The Bertz CT molecular complexity index is 243. The molecule has 4 nitrogen and oxygen atoms in total. The summed E-state index contributed by atoms with van der Waals surface area (Å²) in [6, 6.07) is -0.282. The molecule has 1 rings (SSSR count). The first-order valence-electron chi connectivity index (χ1n) is 5.71. The zero-order valence-corrected chi connectivity index (χ0v) is 9.77. The number of likely N-dealkylation sites (tertiary alicyclic amines) is 1. The molecule has 0 radical (unpaired) electrons. The molecule has 0 spiro atoms. The van der Waals surface area contributed by atoms with E-state index in [2.05, 4.69) is 19.0 Å². The standard InChI is InChI=1S/C11H20N2O2/c1-4-8-6-10(11(14)12-15)13(3)7-9(8)5-2/h8-10H,4-7H2,1-3H3. The Morgan fingerprint density at radius 3 is 2.40 bits per heavy atom. The van der Waals surface area contributed by atoms with Gasteiger partial charge in [0.1, 0.15) is 0 Å². The van der Waals surface area contributed by atoms with Crippen molar-refractivity contribution in [3.63, 3.8) is 0 Å². The summed E-state index contributed by atoms with van der Waals surface area (Å²) in [4.78, 5) is 23.6. The summed E-state index contributed by atoms with van der Waals surface area (Å²) in [6.07, 6.45) is 3.00. The van der Waals surface area contributed by atoms with Crippen molar-refractivity contribution in [3.05, 3.63) is 4.91 Å². The Labute approximate surface area is 91.0 Å². The molecule has 1 fully saturated rings. The molecular weight excluding hydrogens is 192 g/mol. The first kappa shape index (κ1) is 12.3. The van der Waals surface area contributed by atoms with Gasteiger partial charge in [0.15, 0.2) is 0 Å². The van der Waals surface area contributed by atoms with Crippen LogP contribution in [0.3, 0.4) is 0 Å². The van der Waals surface area contributed by atoms with Crippen molar-refractivity contribution in [2.24, 2.45) is 17.0 Å². The number of carbonyl (C=O) groups is 1. The Morgan fingerprint density at radius 2 is 1.93 bits per heavy atom. The van der Waals surface area contributed by atoms with Crippen molar-refractivity contribution in [3.8, 4) is 0 Å². The number of likely N-dealkylation sites (N-methyl/N-ethyl adjacent to an activating group) is 1. The first-order valence-corrected chi connectivity index (χ1v) is 5.71. The third kappa shape index (κ3) is 2.62. The highest BCUT2D eigenvalue weighted by Crippen LogP contribution is 2.31. The van der Waals surface area contributed by atoms with Gasteiger partial charge in [-0.1, -0.05) is 26.7 Å². The molecular formula is C11H20N2O2. The predicted octanol–water partition coefficient (Wildman–Crippen LogP) is 2.04. The van der Waals surface area contributed by atoms with Gasteiger partial charge in [-0.05, 0) is 25.3 Å². The van der Waals surface area contributed by atoms with Gasteiger partial charge in [-0.2, -0.15) is 0 Å². The van der Waals surface area contributed by atoms with E-state index >= 15 is 0 Å². The first-order chi connectivity index (χ1) is 7.13. The van der Waals surface area contributed by atoms with Crippen LogP contribution in [0, 0.1) is 16.7 Å². The lowest BCUT2D eigenvalue weighted by atomic mass is 9.79. The topological polar surface area (TPSA) is 49.7 Å². The highest BCUT2D eigenvalue weighted by Gasteiger charge is 2.35. The molecule has 1 aliphatic rings. The fraction of sp³-hybridized carbons (Fsp3) is 0.909. The van der Waals surface area contributed by atoms with E-state index in [4.69, 9.17) is 0 Å². The van der Waals surface area contributed by atoms with Crippen LogP contribution in [0.1, 0.15) is 33.1 Å². The molecule has 0 bridgehead atoms. The summed E-state index contributed by atoms with van der Waals surface area (Å²) in [7, 11) is 1.91. The highest BCUT2D eigenvalue weighted by molar-refractivity contribution is 5.82. The normalized spacial score (nSPS) is 32.6. The monoisotopic (exact) mass is 212 g/mol. The van der Waals surface area contributed by atoms with E-state index in [1.165, 1.54) is 0 Å². The maximum atomic E-state index is 11.3. The molecule has 15 heavy (non-hydrogen) atoms. The summed E-state index contributed by atoms with van der Waals surface area (Å²) >= 11 is 0. The van der Waals surface area contributed by atoms with E-state index in [9.17, 15) is 9.70 Å². The zero-order chi connectivity index (χ0) is 11.4. The fourth-order valence-electron chi connectivity index (χ4n) is 2.62. The number of hydrogen-bond acceptors (Lipinski definition) is 3. The Morgan fingerprint density at radius 1 is 1.33 bits per heavy atom. The van der Waals surface area contributed by atoms with E-state index in [1.54, 1.807) is 0 Å². The highest BCUT2D eigenvalue weighted by atomic mass is 16.3. The lowest BCUT2D eigenvalue weighted by molar-refractivity contribution is -0.125. The van der Waals surface area contributed by atoms with Crippen molar-refractivity contribution in [1.29, 1.82) is 0 Å². The van der Waals surface area contributed by atoms with Gasteiger partial charge in [-0.15, -0.1) is 4.91 Å². The molecule has 1 amide bonds. The van der Waals surface area contributed by atoms with Gasteiger partial charge in [0.05, 0.1) is 6.04 Å². The molecule has 3 atom stereocenters. The van der Waals surface area contributed by atoms with Crippen LogP contribution in [-0.2, 0) is 4.79 Å². The van der Waals surface area contributed by atoms with Crippen LogP contribution in [0.5, 0.6) is 0 Å². The van der Waals surface area contributed by atoms with Crippen molar-refractivity contribution in [1.82, 2.24) is 4.90 Å². The van der Waals surface area contributed by atoms with Crippen molar-refractivity contribution >= 4 is 5.91 Å². The number of carbonyl (C=O) groups excluding carboxylic acids is 1. The van der Waals surface area contributed by atoms with E-state index < -0.39 is 5.91 Å². The molecule has 1 saturated heterocycles. The smallest absolute Gasteiger partial charge is 0.295 e. The van der Waals surface area contributed by atoms with Crippen LogP contribution in [0.15, 0.2) is 5.18 Å². The molecule has 4 heteroatoms. The Hall–Kier alpha value is -0.770. The quantitative estimate of drug-likeness (QED) is 0.673. The molecule has 0 N–H and O–H groups in total. The van der Waals surface area contributed by atoms with Crippen LogP contribution >= 0.6 is 0 Å². The summed E-state index contributed by atoms with van der Waals surface area (Å²) in [5, 5.41) is 2.55. The summed E-state index contributed by atoms with van der Waals surface area (Å²) in [6.45, 7) is 5.23. The number of hydrogen-bond donors (Lipinski definition) is 0. The summed E-state index contributed by atoms with van der Waals surface area (Å²) in [5.74, 6) is 0.697. The molecule has 3 unspecified atom stereocenters. The van der Waals surface area contributed by atoms with Crippen LogP contribution < -0.4 is 0 Å². The van der Waals surface area contributed by atoms with Gasteiger partial charge >= 0.3 is 5.91 Å². The second kappa shape index (κ2) is 5.35. The number of rotatable bonds is 3. The van der Waals surface area contributed by atoms with Crippen LogP contribution in [0.4, 0.5) is 0 Å². The SMILES string of the molecule is CCC1CC(C(=O)N=O)N(C)CC1CC. The molecule has 0 aromatic heterocycles. The van der Waals surface area contributed by atoms with Gasteiger partial charge in [-0.3, -0.25) is 9.69 Å². The second-order valence-corrected chi connectivity index (χ2v) is 4.46. The molecule has 0 saturated carbocycles. The largest absolute Gasteiger partial charge is 0.303 e. The Kier molecular flexibility index (Phi) is 4.39. The average Bonchev–Trinajstić information content (AvgIpc) is 2.27. The minimum absolute atomic E-state index is 0.282. The minimum Gasteiger partial charge on any atom is -0.295 e. The second-order valence-electron chi connectivity index (χ2n) is 4.46. The van der Waals surface area contributed by atoms with Gasteiger partial charge in [0.2, 0.25) is 0 Å². The van der Waals surface area contributed by atoms with Gasteiger partial charge in [0.25, 0.3) is 0 Å². The average molecular weight is 212 g/mol. The lowest BCUT2D eigenvalue weighted by Gasteiger charge is -2.40. The maximum absolute atomic E-state index is 11.3. The summed E-state index contributed by atoms with van der Waals surface area (Å²) in [5.41, 5.74) is 0. The number of nitroso groups, excluding NO2 is 1. The van der Waals surface area contributed by atoms with Crippen LogP contribution in [0.25, 0.3) is 0 Å². The summed E-state index contributed by atoms with van der Waals surface area (Å²) < 4.78 is 0. The molecule has 1 aliphatic heterocycles. The van der Waals surface area contributed by atoms with Crippen molar-refractivity contribution in [2.75, 3.05) is 13.6 Å². The van der Waals surface area contributed by atoms with Crippen molar-refractivity contribution in [2.45, 2.75) is 39.2 Å². The van der Waals surface area contributed by atoms with Gasteiger partial charge < -0.3 is 0 Å². The van der Waals surface area contributed by atoms with E-state index in [-0.39, 0.29) is 6.04 Å². The number of amides is 1. The molecule has 86 valence electrons. The van der Waals surface area contributed by atoms with Gasteiger partial charge in [0, 0.05) is 11.7 Å². The Balaban J connectivity index is 2.71. The fourth-order valence-corrected chi connectivity index (χ4v) is 2.62. The zero-order valence-electron chi connectivity index (χ0n) is 9.77. The third-order valence-corrected chi connectivity index (χ3v) is 3.67. The molecule has 0 aromatic carbocycles. The minimum atomic E-state index is -0.509. The predicted molar refractivity (Wildman–Crippen MR) is 59.4 cm³/mol. The lowest BCUT2D eigenvalue weighted by Crippen LogP contribution is -2.48. The van der Waals surface area contributed by atoms with E-state index in [0.29, 0.717) is 11.8 Å². The maximum Gasteiger partial charge on any atom is 0.303 e. The van der Waals surface area contributed by atoms with Crippen LogP contribution in [-0.4, -0.2) is 30.4 Å². The molecule has 0 aromatic rings. The van der Waals surface area contributed by atoms with Crippen molar-refractivity contribution < 1.29 is 4.79 Å². The number of nitrogens with zero attached hydrogens (tertiary/aromatic N) is 2. The van der Waals surface area contributed by atoms with Gasteiger partial charge in [-0.25, -0.2) is 0 Å². The number of piperidine rings is 1. The molecule has 1 heterocycles. The van der Waals surface area contributed by atoms with Crippen LogP contribution in [0.2, 0.25) is 0 Å². The third-order valence-electron chi connectivity index (χ3n) is 3.67. The van der Waals surface area contributed by atoms with E-state index in [1.807, 2.05) is 11.9 Å².